The van der Waals surface area contributed by atoms with E-state index in [0.717, 1.165) is 10.9 Å². The van der Waals surface area contributed by atoms with Gasteiger partial charge in [0.05, 0.1) is 46.2 Å². The van der Waals surface area contributed by atoms with Crippen LogP contribution in [0.2, 0.25) is 10.0 Å². The number of rotatable bonds is 4. The lowest BCUT2D eigenvalue weighted by molar-refractivity contribution is -0.141. The SMILES string of the molecule is C[C@@H]1CCC[C@@H](n2cc(Cl)c(-c3cc(Cl)ccc3-n3cc(C(F)(F)F)nn3)cc2=O)c2cc(ccn2)-c2c(cnn2C(F)F)NC1=O. The number of benzene rings is 1. The molecule has 244 valence electrons. The van der Waals surface area contributed by atoms with Crippen LogP contribution in [0, 0.1) is 5.92 Å². The highest BCUT2D eigenvalue weighted by Crippen LogP contribution is 2.37. The molecule has 6 rings (SSSR count). The van der Waals surface area contributed by atoms with Crippen molar-refractivity contribution in [3.05, 3.63) is 93.0 Å². The molecule has 5 heterocycles. The molecule has 4 aromatic heterocycles. The lowest BCUT2D eigenvalue weighted by atomic mass is 9.96. The number of pyridine rings is 2. The fourth-order valence-corrected chi connectivity index (χ4v) is 5.94. The Balaban J connectivity index is 1.47. The molecule has 0 aliphatic carbocycles. The van der Waals surface area contributed by atoms with Gasteiger partial charge in [0, 0.05) is 46.1 Å². The van der Waals surface area contributed by atoms with E-state index >= 15 is 0 Å². The molecule has 1 aliphatic heterocycles. The van der Waals surface area contributed by atoms with Crippen LogP contribution in [0.3, 0.4) is 0 Å². The number of hydrogen-bond acceptors (Lipinski definition) is 6. The van der Waals surface area contributed by atoms with Gasteiger partial charge in [0.15, 0.2) is 5.69 Å². The number of carbonyl (C=O) groups is 1. The van der Waals surface area contributed by atoms with Crippen LogP contribution in [0.25, 0.3) is 28.1 Å². The fourth-order valence-electron chi connectivity index (χ4n) is 5.51. The van der Waals surface area contributed by atoms with Crippen molar-refractivity contribution < 1.29 is 26.7 Å². The van der Waals surface area contributed by atoms with Gasteiger partial charge in [-0.2, -0.15) is 27.1 Å². The van der Waals surface area contributed by atoms with Gasteiger partial charge in [-0.05, 0) is 43.2 Å². The van der Waals surface area contributed by atoms with Crippen molar-refractivity contribution >= 4 is 34.8 Å². The molecule has 0 spiro atoms. The maximum absolute atomic E-state index is 14.0. The Kier molecular flexibility index (Phi) is 8.61. The Hall–Kier alpha value is -4.63. The van der Waals surface area contributed by atoms with Crippen molar-refractivity contribution in [1.82, 2.24) is 34.3 Å². The molecule has 2 bridgehead atoms. The number of anilines is 1. The van der Waals surface area contributed by atoms with E-state index in [-0.39, 0.29) is 49.7 Å². The van der Waals surface area contributed by atoms with E-state index in [9.17, 15) is 31.5 Å². The van der Waals surface area contributed by atoms with E-state index in [1.54, 1.807) is 13.0 Å². The first-order chi connectivity index (χ1) is 22.3. The van der Waals surface area contributed by atoms with Gasteiger partial charge in [0.1, 0.15) is 0 Å². The third-order valence-corrected chi connectivity index (χ3v) is 8.38. The van der Waals surface area contributed by atoms with Crippen molar-refractivity contribution in [1.29, 1.82) is 0 Å². The van der Waals surface area contributed by atoms with Gasteiger partial charge in [-0.1, -0.05) is 41.8 Å². The third kappa shape index (κ3) is 6.37. The molecule has 47 heavy (non-hydrogen) atoms. The fraction of sp³-hybridized carbons (Fsp3) is 0.267. The van der Waals surface area contributed by atoms with Crippen molar-refractivity contribution in [2.45, 2.75) is 45.0 Å². The number of carbonyl (C=O) groups excluding carboxylic acids is 1. The maximum Gasteiger partial charge on any atom is 0.436 e. The van der Waals surface area contributed by atoms with Crippen LogP contribution < -0.4 is 10.9 Å². The molecule has 1 amide bonds. The van der Waals surface area contributed by atoms with E-state index in [1.165, 1.54) is 47.3 Å². The lowest BCUT2D eigenvalue weighted by Crippen LogP contribution is -2.27. The quantitative estimate of drug-likeness (QED) is 0.196. The predicted octanol–water partition coefficient (Wildman–Crippen LogP) is 7.42. The van der Waals surface area contributed by atoms with Crippen LogP contribution >= 0.6 is 23.2 Å². The number of amides is 1. The average molecular weight is 693 g/mol. The minimum atomic E-state index is -4.73. The Morgan fingerprint density at radius 1 is 1.02 bits per heavy atom. The summed E-state index contributed by atoms with van der Waals surface area (Å²) < 4.78 is 70.4. The minimum absolute atomic E-state index is 0.0282. The standard InChI is InChI=1S/C30H23Cl2F5N8O2/c1-15-3-2-4-24(21-9-16(7-8-38-21)27-22(40-28(15)47)12-39-45(27)29(33)34)43-13-20(32)18(11-26(43)46)19-10-17(31)5-6-23(19)44-14-25(41-42-44)30(35,36)37/h5-15,24,29H,2-4H2,1H3,(H,40,47)/t15-,24-/m1/s1. The second-order valence-electron chi connectivity index (χ2n) is 10.9. The molecule has 0 saturated carbocycles. The van der Waals surface area contributed by atoms with Crippen LogP contribution in [-0.4, -0.2) is 40.2 Å². The summed E-state index contributed by atoms with van der Waals surface area (Å²) in [6.07, 6.45) is 1.13. The van der Waals surface area contributed by atoms with Gasteiger partial charge in [-0.25, -0.2) is 9.36 Å². The van der Waals surface area contributed by atoms with Crippen LogP contribution in [0.15, 0.2) is 66.0 Å². The van der Waals surface area contributed by atoms with Crippen LogP contribution in [0.1, 0.15) is 50.2 Å². The molecule has 1 N–H and O–H groups in total. The Morgan fingerprint density at radius 3 is 2.53 bits per heavy atom. The first kappa shape index (κ1) is 32.3. The Morgan fingerprint density at radius 2 is 1.81 bits per heavy atom. The largest absolute Gasteiger partial charge is 0.436 e. The average Bonchev–Trinajstić information content (AvgIpc) is 3.68. The van der Waals surface area contributed by atoms with Crippen LogP contribution in [-0.2, 0) is 11.0 Å². The molecule has 0 saturated heterocycles. The molecule has 10 nitrogen and oxygen atoms in total. The molecule has 0 unspecified atom stereocenters. The number of alkyl halides is 5. The maximum atomic E-state index is 14.0. The van der Waals surface area contributed by atoms with Gasteiger partial charge in [0.2, 0.25) is 5.91 Å². The number of aromatic nitrogens is 7. The van der Waals surface area contributed by atoms with E-state index in [4.69, 9.17) is 23.2 Å². The van der Waals surface area contributed by atoms with E-state index < -0.39 is 35.9 Å². The number of fused-ring (bicyclic) bond motifs is 4. The van der Waals surface area contributed by atoms with Gasteiger partial charge >= 0.3 is 12.7 Å². The number of nitrogens with one attached hydrogen (secondary N) is 1. The summed E-state index contributed by atoms with van der Waals surface area (Å²) in [5.41, 5.74) is -0.510. The van der Waals surface area contributed by atoms with E-state index in [0.29, 0.717) is 35.8 Å². The summed E-state index contributed by atoms with van der Waals surface area (Å²) in [5, 5.41) is 13.6. The first-order valence-corrected chi connectivity index (χ1v) is 14.9. The summed E-state index contributed by atoms with van der Waals surface area (Å²) in [4.78, 5) is 31.2. The van der Waals surface area contributed by atoms with E-state index in [2.05, 4.69) is 25.7 Å². The second kappa shape index (κ2) is 12.5. The van der Waals surface area contributed by atoms with Crippen molar-refractivity contribution in [2.24, 2.45) is 5.92 Å². The smallest absolute Gasteiger partial charge is 0.323 e. The molecule has 2 atom stereocenters. The zero-order chi connectivity index (χ0) is 33.6. The highest BCUT2D eigenvalue weighted by Gasteiger charge is 2.35. The topological polar surface area (TPSA) is 113 Å². The highest BCUT2D eigenvalue weighted by atomic mass is 35.5. The molecule has 1 aliphatic rings. The van der Waals surface area contributed by atoms with Crippen molar-refractivity contribution in [2.75, 3.05) is 5.32 Å². The number of nitrogens with zero attached hydrogens (tertiary/aromatic N) is 7. The Bertz CT molecular complexity index is 2040. The lowest BCUT2D eigenvalue weighted by Gasteiger charge is -2.23. The first-order valence-electron chi connectivity index (χ1n) is 14.2. The van der Waals surface area contributed by atoms with Gasteiger partial charge in [0.25, 0.3) is 5.56 Å². The van der Waals surface area contributed by atoms with Crippen LogP contribution in [0.5, 0.6) is 0 Å². The summed E-state index contributed by atoms with van der Waals surface area (Å²) >= 11 is 13.0. The summed E-state index contributed by atoms with van der Waals surface area (Å²) in [5.74, 6) is -0.870. The number of hydrogen-bond donors (Lipinski definition) is 1. The molecule has 0 fully saturated rings. The minimum Gasteiger partial charge on any atom is -0.323 e. The predicted molar refractivity (Wildman–Crippen MR) is 163 cm³/mol. The normalized spacial score (nSPS) is 17.2. The molecule has 1 aromatic carbocycles. The zero-order valence-corrected chi connectivity index (χ0v) is 25.7. The monoisotopic (exact) mass is 692 g/mol. The Labute approximate surface area is 272 Å². The summed E-state index contributed by atoms with van der Waals surface area (Å²) in [7, 11) is 0. The van der Waals surface area contributed by atoms with E-state index in [1.807, 2.05) is 0 Å². The molecule has 0 radical (unpaired) electrons. The van der Waals surface area contributed by atoms with Gasteiger partial charge in [-0.3, -0.25) is 14.6 Å². The zero-order valence-electron chi connectivity index (χ0n) is 24.2. The van der Waals surface area contributed by atoms with Gasteiger partial charge < -0.3 is 9.88 Å². The van der Waals surface area contributed by atoms with Crippen molar-refractivity contribution in [3.63, 3.8) is 0 Å². The molecular weight excluding hydrogens is 670 g/mol. The number of halogens is 7. The molecule has 17 heteroatoms. The highest BCUT2D eigenvalue weighted by molar-refractivity contribution is 6.34. The summed E-state index contributed by atoms with van der Waals surface area (Å²) in [6, 6.07) is 7.83. The van der Waals surface area contributed by atoms with Crippen LogP contribution in [0.4, 0.5) is 27.6 Å². The molecule has 5 aromatic rings. The van der Waals surface area contributed by atoms with Crippen molar-refractivity contribution in [3.8, 4) is 28.1 Å². The second-order valence-corrected chi connectivity index (χ2v) is 11.8. The van der Waals surface area contributed by atoms with Gasteiger partial charge in [-0.15, -0.1) is 5.10 Å². The summed E-state index contributed by atoms with van der Waals surface area (Å²) in [6.45, 7) is -1.30. The third-order valence-electron chi connectivity index (χ3n) is 7.84. The molecular formula is C30H23Cl2F5N8O2.